The molecule has 0 saturated carbocycles. The predicted octanol–water partition coefficient (Wildman–Crippen LogP) is 5.18. The molecule has 30 heavy (non-hydrogen) atoms. The molecule has 3 rings (SSSR count). The standard InChI is InChI=1S/C24H21BrN2O3/c1-16-4-3-5-18(14-16)23(28)27-22(15-17-6-8-19(25)9-7-17)24(29)26-20-10-12-21(30-2)13-11-20/h3-15H,1-2H3,(H,26,29)(H,27,28)/b22-15+. The molecule has 0 fully saturated rings. The highest BCUT2D eigenvalue weighted by Gasteiger charge is 2.15. The minimum atomic E-state index is -0.427. The average Bonchev–Trinajstić information content (AvgIpc) is 2.75. The maximum Gasteiger partial charge on any atom is 0.272 e. The SMILES string of the molecule is COc1ccc(NC(=O)/C(=C\c2ccc(Br)cc2)NC(=O)c2cccc(C)c2)cc1. The third kappa shape index (κ3) is 5.81. The van der Waals surface area contributed by atoms with Crippen molar-refractivity contribution < 1.29 is 14.3 Å². The Bertz CT molecular complexity index is 1070. The highest BCUT2D eigenvalue weighted by molar-refractivity contribution is 9.10. The first-order valence-corrected chi connectivity index (χ1v) is 10.0. The molecule has 3 aromatic rings. The Kier molecular flexibility index (Phi) is 7.03. The number of hydrogen-bond acceptors (Lipinski definition) is 3. The number of halogens is 1. The van der Waals surface area contributed by atoms with Crippen molar-refractivity contribution in [3.05, 3.63) is 99.7 Å². The maximum absolute atomic E-state index is 12.9. The van der Waals surface area contributed by atoms with Crippen LogP contribution >= 0.6 is 15.9 Å². The van der Waals surface area contributed by atoms with Crippen molar-refractivity contribution in [3.63, 3.8) is 0 Å². The van der Waals surface area contributed by atoms with Crippen molar-refractivity contribution >= 4 is 39.5 Å². The van der Waals surface area contributed by atoms with Crippen molar-refractivity contribution in [2.75, 3.05) is 12.4 Å². The fraction of sp³-hybridized carbons (Fsp3) is 0.0833. The van der Waals surface area contributed by atoms with Gasteiger partial charge >= 0.3 is 0 Å². The molecule has 0 aliphatic carbocycles. The number of aryl methyl sites for hydroxylation is 1. The summed E-state index contributed by atoms with van der Waals surface area (Å²) in [6.07, 6.45) is 1.64. The zero-order chi connectivity index (χ0) is 21.5. The third-order valence-electron chi connectivity index (χ3n) is 4.30. The van der Waals surface area contributed by atoms with Crippen LogP contribution < -0.4 is 15.4 Å². The van der Waals surface area contributed by atoms with Crippen molar-refractivity contribution in [3.8, 4) is 5.75 Å². The van der Waals surface area contributed by atoms with Gasteiger partial charge in [-0.05, 0) is 67.1 Å². The van der Waals surface area contributed by atoms with Gasteiger partial charge in [0.2, 0.25) is 0 Å². The lowest BCUT2D eigenvalue weighted by molar-refractivity contribution is -0.113. The van der Waals surface area contributed by atoms with Crippen LogP contribution in [0, 0.1) is 6.92 Å². The molecular formula is C24H21BrN2O3. The van der Waals surface area contributed by atoms with Crippen molar-refractivity contribution in [2.45, 2.75) is 6.92 Å². The summed E-state index contributed by atoms with van der Waals surface area (Å²) < 4.78 is 6.06. The topological polar surface area (TPSA) is 67.4 Å². The van der Waals surface area contributed by atoms with Crippen molar-refractivity contribution in [1.82, 2.24) is 5.32 Å². The number of nitrogens with one attached hydrogen (secondary N) is 2. The van der Waals surface area contributed by atoms with E-state index in [9.17, 15) is 9.59 Å². The fourth-order valence-electron chi connectivity index (χ4n) is 2.74. The van der Waals surface area contributed by atoms with Crippen LogP contribution in [0.5, 0.6) is 5.75 Å². The van der Waals surface area contributed by atoms with Crippen LogP contribution in [0.15, 0.2) is 83.0 Å². The number of amides is 2. The van der Waals surface area contributed by atoms with Crippen molar-refractivity contribution in [1.29, 1.82) is 0 Å². The Morgan fingerprint density at radius 1 is 0.967 bits per heavy atom. The van der Waals surface area contributed by atoms with E-state index in [0.717, 1.165) is 15.6 Å². The van der Waals surface area contributed by atoms with Gasteiger partial charge in [0.05, 0.1) is 7.11 Å². The van der Waals surface area contributed by atoms with Crippen LogP contribution in [0.25, 0.3) is 6.08 Å². The van der Waals surface area contributed by atoms with E-state index in [2.05, 4.69) is 26.6 Å². The molecule has 0 heterocycles. The van der Waals surface area contributed by atoms with Crippen molar-refractivity contribution in [2.24, 2.45) is 0 Å². The summed E-state index contributed by atoms with van der Waals surface area (Å²) in [6, 6.07) is 21.6. The van der Waals surface area contributed by atoms with Crippen LogP contribution in [0.1, 0.15) is 21.5 Å². The minimum absolute atomic E-state index is 0.139. The number of anilines is 1. The van der Waals surface area contributed by atoms with Crippen LogP contribution in [-0.2, 0) is 4.79 Å². The second-order valence-corrected chi connectivity index (χ2v) is 7.53. The minimum Gasteiger partial charge on any atom is -0.497 e. The number of carbonyl (C=O) groups is 2. The van der Waals surface area contributed by atoms with Gasteiger partial charge in [-0.15, -0.1) is 0 Å². The molecule has 6 heteroatoms. The van der Waals surface area contributed by atoms with Crippen LogP contribution in [-0.4, -0.2) is 18.9 Å². The number of ether oxygens (including phenoxy) is 1. The predicted molar refractivity (Wildman–Crippen MR) is 122 cm³/mol. The lowest BCUT2D eigenvalue weighted by atomic mass is 10.1. The van der Waals surface area contributed by atoms with E-state index in [1.54, 1.807) is 55.7 Å². The molecule has 0 radical (unpaired) electrons. The second kappa shape index (κ2) is 9.89. The Hall–Kier alpha value is -3.38. The molecule has 0 bridgehead atoms. The van der Waals surface area contributed by atoms with Crippen LogP contribution in [0.3, 0.4) is 0 Å². The van der Waals surface area contributed by atoms with E-state index in [-0.39, 0.29) is 11.6 Å². The summed E-state index contributed by atoms with van der Waals surface area (Å²) in [6.45, 7) is 1.91. The average molecular weight is 465 g/mol. The molecule has 0 saturated heterocycles. The quantitative estimate of drug-likeness (QED) is 0.494. The monoisotopic (exact) mass is 464 g/mol. The van der Waals surface area contributed by atoms with Gasteiger partial charge in [-0.25, -0.2) is 0 Å². The Morgan fingerprint density at radius 2 is 1.67 bits per heavy atom. The molecule has 0 aliphatic heterocycles. The number of methoxy groups -OCH3 is 1. The molecule has 0 unspecified atom stereocenters. The number of rotatable bonds is 6. The molecule has 3 aromatic carbocycles. The molecule has 0 atom stereocenters. The first kappa shape index (κ1) is 21.3. The van der Waals surface area contributed by atoms with Gasteiger partial charge < -0.3 is 15.4 Å². The Labute approximate surface area is 183 Å². The third-order valence-corrected chi connectivity index (χ3v) is 4.83. The highest BCUT2D eigenvalue weighted by Crippen LogP contribution is 2.17. The van der Waals surface area contributed by atoms with Gasteiger partial charge in [0.25, 0.3) is 11.8 Å². The van der Waals surface area contributed by atoms with Crippen LogP contribution in [0.4, 0.5) is 5.69 Å². The van der Waals surface area contributed by atoms with E-state index in [0.29, 0.717) is 17.0 Å². The first-order valence-electron chi connectivity index (χ1n) is 9.25. The largest absolute Gasteiger partial charge is 0.497 e. The molecule has 0 spiro atoms. The molecule has 0 aromatic heterocycles. The normalized spacial score (nSPS) is 11.0. The summed E-state index contributed by atoms with van der Waals surface area (Å²) in [5, 5.41) is 5.55. The Balaban J connectivity index is 1.86. The zero-order valence-corrected chi connectivity index (χ0v) is 18.2. The summed E-state index contributed by atoms with van der Waals surface area (Å²) in [4.78, 5) is 25.7. The van der Waals surface area contributed by atoms with E-state index in [1.165, 1.54) is 0 Å². The number of benzene rings is 3. The molecule has 5 nitrogen and oxygen atoms in total. The molecule has 152 valence electrons. The summed E-state index contributed by atoms with van der Waals surface area (Å²) in [7, 11) is 1.58. The molecule has 0 aliphatic rings. The maximum atomic E-state index is 12.9. The summed E-state index contributed by atoms with van der Waals surface area (Å²) >= 11 is 3.39. The first-order chi connectivity index (χ1) is 14.4. The molecule has 2 N–H and O–H groups in total. The van der Waals surface area contributed by atoms with E-state index < -0.39 is 5.91 Å². The van der Waals surface area contributed by atoms with Gasteiger partial charge in [0.15, 0.2) is 0 Å². The number of hydrogen-bond donors (Lipinski definition) is 2. The Morgan fingerprint density at radius 3 is 2.30 bits per heavy atom. The van der Waals surface area contributed by atoms with E-state index in [4.69, 9.17) is 4.74 Å². The second-order valence-electron chi connectivity index (χ2n) is 6.62. The molecular weight excluding hydrogens is 444 g/mol. The highest BCUT2D eigenvalue weighted by atomic mass is 79.9. The smallest absolute Gasteiger partial charge is 0.272 e. The van der Waals surface area contributed by atoms with Crippen LogP contribution in [0.2, 0.25) is 0 Å². The summed E-state index contributed by atoms with van der Waals surface area (Å²) in [5.74, 6) is -0.0950. The lowest BCUT2D eigenvalue weighted by Gasteiger charge is -2.12. The molecule has 2 amide bonds. The van der Waals surface area contributed by atoms with Gasteiger partial charge in [0.1, 0.15) is 11.4 Å². The summed E-state index contributed by atoms with van der Waals surface area (Å²) in [5.41, 5.74) is 2.95. The fourth-order valence-corrected chi connectivity index (χ4v) is 3.00. The van der Waals surface area contributed by atoms with E-state index in [1.807, 2.05) is 37.3 Å². The van der Waals surface area contributed by atoms with E-state index >= 15 is 0 Å². The zero-order valence-electron chi connectivity index (χ0n) is 16.6. The van der Waals surface area contributed by atoms with Gasteiger partial charge in [-0.1, -0.05) is 45.8 Å². The number of carbonyl (C=O) groups excluding carboxylic acids is 2. The van der Waals surface area contributed by atoms with Gasteiger partial charge in [0, 0.05) is 15.7 Å². The van der Waals surface area contributed by atoms with Gasteiger partial charge in [-0.3, -0.25) is 9.59 Å². The van der Waals surface area contributed by atoms with Gasteiger partial charge in [-0.2, -0.15) is 0 Å². The lowest BCUT2D eigenvalue weighted by Crippen LogP contribution is -2.30.